The largest absolute Gasteiger partial charge is 0.486 e. The number of hydrogen-bond acceptors (Lipinski definition) is 3. The van der Waals surface area contributed by atoms with Crippen molar-refractivity contribution >= 4 is 22.5 Å². The summed E-state index contributed by atoms with van der Waals surface area (Å²) < 4.78 is 7.41. The summed E-state index contributed by atoms with van der Waals surface area (Å²) in [6.45, 7) is 7.34. The van der Waals surface area contributed by atoms with Crippen LogP contribution in [0.3, 0.4) is 0 Å². The fourth-order valence-corrected chi connectivity index (χ4v) is 1.98. The van der Waals surface area contributed by atoms with Crippen LogP contribution in [0.25, 0.3) is 10.9 Å². The van der Waals surface area contributed by atoms with Gasteiger partial charge in [0.05, 0.1) is 12.2 Å². The van der Waals surface area contributed by atoms with Crippen molar-refractivity contribution < 1.29 is 4.74 Å². The van der Waals surface area contributed by atoms with E-state index in [0.29, 0.717) is 17.5 Å². The lowest BCUT2D eigenvalue weighted by Crippen LogP contribution is -2.15. The Morgan fingerprint density at radius 1 is 1.44 bits per heavy atom. The molecular formula is C11H14ClN3O. The number of pyridine rings is 1. The van der Waals surface area contributed by atoms with Crippen LogP contribution in [0.5, 0.6) is 5.75 Å². The number of halogens is 1. The molecule has 0 radical (unpaired) electrons. The van der Waals surface area contributed by atoms with Gasteiger partial charge in [0.1, 0.15) is 12.1 Å². The summed E-state index contributed by atoms with van der Waals surface area (Å²) in [4.78, 5) is 4.07. The highest BCUT2D eigenvalue weighted by Crippen LogP contribution is 2.34. The zero-order valence-electron chi connectivity index (χ0n) is 9.62. The molecular weight excluding hydrogens is 226 g/mol. The Morgan fingerprint density at radius 3 is 2.94 bits per heavy atom. The lowest BCUT2D eigenvalue weighted by atomic mass is 10.2. The van der Waals surface area contributed by atoms with E-state index in [1.165, 1.54) is 0 Å². The van der Waals surface area contributed by atoms with Gasteiger partial charge in [0, 0.05) is 11.6 Å². The minimum absolute atomic E-state index is 0.415. The van der Waals surface area contributed by atoms with E-state index < -0.39 is 0 Å². The Hall–Kier alpha value is -1.29. The molecule has 1 aliphatic heterocycles. The molecule has 0 N–H and O–H groups in total. The average molecular weight is 240 g/mol. The van der Waals surface area contributed by atoms with Gasteiger partial charge in [-0.3, -0.25) is 4.68 Å². The van der Waals surface area contributed by atoms with Gasteiger partial charge in [-0.15, -0.1) is 0 Å². The van der Waals surface area contributed by atoms with E-state index in [9.17, 15) is 0 Å². The van der Waals surface area contributed by atoms with Crippen LogP contribution in [-0.2, 0) is 6.54 Å². The summed E-state index contributed by atoms with van der Waals surface area (Å²) in [5, 5.41) is 5.83. The smallest absolute Gasteiger partial charge is 0.182 e. The third-order valence-electron chi connectivity index (χ3n) is 2.43. The first-order valence-electron chi connectivity index (χ1n) is 5.42. The quantitative estimate of drug-likeness (QED) is 0.664. The zero-order valence-corrected chi connectivity index (χ0v) is 10.4. The number of ether oxygens (including phenoxy) is 1. The first-order valence-corrected chi connectivity index (χ1v) is 5.79. The maximum atomic E-state index is 5.94. The minimum atomic E-state index is 0.415. The van der Waals surface area contributed by atoms with Crippen LogP contribution in [0, 0.1) is 6.92 Å². The molecule has 3 heterocycles. The topological polar surface area (TPSA) is 39.9 Å². The van der Waals surface area contributed by atoms with Crippen molar-refractivity contribution in [1.29, 1.82) is 0 Å². The molecule has 0 spiro atoms. The van der Waals surface area contributed by atoms with Gasteiger partial charge in [0.2, 0.25) is 0 Å². The van der Waals surface area contributed by atoms with Crippen molar-refractivity contribution in [1.82, 2.24) is 14.8 Å². The van der Waals surface area contributed by atoms with E-state index in [4.69, 9.17) is 16.3 Å². The summed E-state index contributed by atoms with van der Waals surface area (Å²) in [7, 11) is 0. The molecule has 0 aromatic carbocycles. The van der Waals surface area contributed by atoms with Gasteiger partial charge in [-0.25, -0.2) is 4.98 Å². The second kappa shape index (κ2) is 4.29. The number of aryl methyl sites for hydroxylation is 1. The Labute approximate surface area is 99.2 Å². The molecule has 2 aromatic heterocycles. The lowest BCUT2D eigenvalue weighted by Gasteiger charge is -2.15. The summed E-state index contributed by atoms with van der Waals surface area (Å²) in [5.74, 6) is 0.663. The van der Waals surface area contributed by atoms with Gasteiger partial charge < -0.3 is 4.74 Å². The first kappa shape index (κ1) is 11.2. The number of aromatic nitrogens is 3. The zero-order chi connectivity index (χ0) is 11.7. The van der Waals surface area contributed by atoms with Crippen LogP contribution in [0.1, 0.15) is 19.5 Å². The normalized spacial score (nSPS) is 13.0. The summed E-state index contributed by atoms with van der Waals surface area (Å²) in [5.41, 5.74) is 1.93. The molecule has 0 saturated heterocycles. The molecule has 0 unspecified atom stereocenters. The van der Waals surface area contributed by atoms with Gasteiger partial charge in [-0.1, -0.05) is 25.4 Å². The molecule has 5 heteroatoms. The summed E-state index contributed by atoms with van der Waals surface area (Å²) in [6, 6.07) is 0. The van der Waals surface area contributed by atoms with Crippen molar-refractivity contribution in [3.63, 3.8) is 0 Å². The van der Waals surface area contributed by atoms with Crippen LogP contribution >= 0.6 is 11.6 Å². The van der Waals surface area contributed by atoms with Crippen molar-refractivity contribution in [2.45, 2.75) is 27.3 Å². The first-order chi connectivity index (χ1) is 7.77. The van der Waals surface area contributed by atoms with Crippen molar-refractivity contribution in [3.8, 4) is 5.75 Å². The SMILES string of the molecule is CC.Cc1nn2c3c(c(Cl)ncc13)OCC2. The molecule has 86 valence electrons. The van der Waals surface area contributed by atoms with E-state index in [1.807, 2.05) is 25.5 Å². The third kappa shape index (κ3) is 1.53. The summed E-state index contributed by atoms with van der Waals surface area (Å²) in [6.07, 6.45) is 1.74. The van der Waals surface area contributed by atoms with Gasteiger partial charge >= 0.3 is 0 Å². The predicted molar refractivity (Wildman–Crippen MR) is 64.1 cm³/mol. The third-order valence-corrected chi connectivity index (χ3v) is 2.70. The van der Waals surface area contributed by atoms with Crippen molar-refractivity contribution in [2.75, 3.05) is 6.61 Å². The van der Waals surface area contributed by atoms with E-state index in [0.717, 1.165) is 23.1 Å². The van der Waals surface area contributed by atoms with Gasteiger partial charge in [-0.2, -0.15) is 5.10 Å². The molecule has 0 amide bonds. The van der Waals surface area contributed by atoms with Gasteiger partial charge in [0.25, 0.3) is 0 Å². The number of rotatable bonds is 0. The maximum Gasteiger partial charge on any atom is 0.182 e. The molecule has 16 heavy (non-hydrogen) atoms. The van der Waals surface area contributed by atoms with Crippen LogP contribution in [0.15, 0.2) is 6.20 Å². The highest BCUT2D eigenvalue weighted by Gasteiger charge is 2.20. The Bertz CT molecular complexity index is 521. The van der Waals surface area contributed by atoms with E-state index in [2.05, 4.69) is 10.1 Å². The number of hydrogen-bond donors (Lipinski definition) is 0. The van der Waals surface area contributed by atoms with Crippen LogP contribution < -0.4 is 4.74 Å². The van der Waals surface area contributed by atoms with Crippen LogP contribution in [0.4, 0.5) is 0 Å². The molecule has 0 aliphatic carbocycles. The standard InChI is InChI=1S/C9H8ClN3O.C2H6/c1-5-6-4-11-9(10)8-7(6)13(12-5)2-3-14-8;1-2/h4H,2-3H2,1H3;1-2H3. The second-order valence-electron chi connectivity index (χ2n) is 3.30. The molecule has 1 aliphatic rings. The Balaban J connectivity index is 0.000000457. The van der Waals surface area contributed by atoms with Crippen LogP contribution in [-0.4, -0.2) is 21.4 Å². The lowest BCUT2D eigenvalue weighted by molar-refractivity contribution is 0.277. The predicted octanol–water partition coefficient (Wildman–Crippen LogP) is 2.81. The Morgan fingerprint density at radius 2 is 2.19 bits per heavy atom. The highest BCUT2D eigenvalue weighted by molar-refractivity contribution is 6.31. The molecule has 0 atom stereocenters. The van der Waals surface area contributed by atoms with Crippen LogP contribution in [0.2, 0.25) is 5.15 Å². The van der Waals surface area contributed by atoms with Crippen molar-refractivity contribution in [3.05, 3.63) is 17.0 Å². The molecule has 0 fully saturated rings. The fraction of sp³-hybridized carbons (Fsp3) is 0.455. The van der Waals surface area contributed by atoms with Gasteiger partial charge in [0.15, 0.2) is 10.9 Å². The highest BCUT2D eigenvalue weighted by atomic mass is 35.5. The van der Waals surface area contributed by atoms with E-state index >= 15 is 0 Å². The molecule has 0 saturated carbocycles. The van der Waals surface area contributed by atoms with Gasteiger partial charge in [-0.05, 0) is 6.92 Å². The monoisotopic (exact) mass is 239 g/mol. The molecule has 0 bridgehead atoms. The van der Waals surface area contributed by atoms with E-state index in [-0.39, 0.29) is 0 Å². The molecule has 3 rings (SSSR count). The molecule has 4 nitrogen and oxygen atoms in total. The fourth-order valence-electron chi connectivity index (χ4n) is 1.79. The second-order valence-corrected chi connectivity index (χ2v) is 3.66. The molecule has 2 aromatic rings. The minimum Gasteiger partial charge on any atom is -0.486 e. The van der Waals surface area contributed by atoms with E-state index in [1.54, 1.807) is 6.20 Å². The summed E-state index contributed by atoms with van der Waals surface area (Å²) >= 11 is 5.94. The average Bonchev–Trinajstić information content (AvgIpc) is 2.64. The maximum absolute atomic E-state index is 5.94. The Kier molecular flexibility index (Phi) is 3.01. The number of nitrogens with zero attached hydrogens (tertiary/aromatic N) is 3. The van der Waals surface area contributed by atoms with Crippen molar-refractivity contribution in [2.24, 2.45) is 0 Å².